The molecule has 21 heavy (non-hydrogen) atoms. The van der Waals surface area contributed by atoms with Crippen LogP contribution in [0.4, 0.5) is 17.6 Å². The van der Waals surface area contributed by atoms with Gasteiger partial charge in [0.1, 0.15) is 5.82 Å². The van der Waals surface area contributed by atoms with Crippen LogP contribution >= 0.6 is 0 Å². The van der Waals surface area contributed by atoms with Gasteiger partial charge in [-0.1, -0.05) is 19.9 Å². The summed E-state index contributed by atoms with van der Waals surface area (Å²) in [6.07, 6.45) is -5.01. The van der Waals surface area contributed by atoms with E-state index < -0.39 is 23.6 Å². The first kappa shape index (κ1) is 17.9. The fraction of sp³-hybridized carbons (Fsp3) is 0.600. The van der Waals surface area contributed by atoms with Crippen LogP contribution in [-0.4, -0.2) is 19.8 Å². The van der Waals surface area contributed by atoms with Crippen molar-refractivity contribution in [2.24, 2.45) is 5.92 Å². The van der Waals surface area contributed by atoms with Crippen molar-refractivity contribution in [1.29, 1.82) is 0 Å². The molecule has 0 aliphatic heterocycles. The molecule has 2 atom stereocenters. The predicted molar refractivity (Wildman–Crippen MR) is 73.5 cm³/mol. The summed E-state index contributed by atoms with van der Waals surface area (Å²) in [5, 5.41) is 2.97. The highest BCUT2D eigenvalue weighted by Crippen LogP contribution is 2.34. The highest BCUT2D eigenvalue weighted by molar-refractivity contribution is 5.30. The Kier molecular flexibility index (Phi) is 6.16. The topological polar surface area (TPSA) is 21.3 Å². The monoisotopic (exact) mass is 307 g/mol. The summed E-state index contributed by atoms with van der Waals surface area (Å²) in [4.78, 5) is 0. The maximum Gasteiger partial charge on any atom is 0.419 e. The maximum atomic E-state index is 13.4. The highest BCUT2D eigenvalue weighted by atomic mass is 19.4. The van der Waals surface area contributed by atoms with Crippen molar-refractivity contribution in [1.82, 2.24) is 5.32 Å². The minimum absolute atomic E-state index is 0.0989. The summed E-state index contributed by atoms with van der Waals surface area (Å²) in [6, 6.07) is 2.63. The number of ether oxygens (including phenoxy) is 1. The molecule has 0 fully saturated rings. The minimum Gasteiger partial charge on any atom is -0.376 e. The number of nitrogens with one attached hydrogen (secondary N) is 1. The van der Waals surface area contributed by atoms with Crippen LogP contribution in [0.15, 0.2) is 18.2 Å². The molecule has 1 N–H and O–H groups in total. The van der Waals surface area contributed by atoms with Gasteiger partial charge in [0.15, 0.2) is 0 Å². The average Bonchev–Trinajstić information content (AvgIpc) is 2.38. The van der Waals surface area contributed by atoms with Crippen molar-refractivity contribution in [2.75, 3.05) is 13.7 Å². The summed E-state index contributed by atoms with van der Waals surface area (Å²) in [5.74, 6) is -1.17. The van der Waals surface area contributed by atoms with E-state index in [9.17, 15) is 17.6 Å². The Balaban J connectivity index is 3.22. The number of likely N-dealkylation sites (N-methyl/N-ethyl adjacent to an activating group) is 1. The van der Waals surface area contributed by atoms with E-state index in [0.717, 1.165) is 12.1 Å². The molecule has 0 heterocycles. The number of alkyl halides is 3. The van der Waals surface area contributed by atoms with Gasteiger partial charge in [0.2, 0.25) is 0 Å². The molecule has 0 spiro atoms. The molecule has 0 bridgehead atoms. The van der Waals surface area contributed by atoms with Gasteiger partial charge in [0.25, 0.3) is 0 Å². The Morgan fingerprint density at radius 2 is 1.86 bits per heavy atom. The molecule has 2 unspecified atom stereocenters. The third-order valence-electron chi connectivity index (χ3n) is 3.31. The zero-order chi connectivity index (χ0) is 16.2. The van der Waals surface area contributed by atoms with Gasteiger partial charge in [-0.15, -0.1) is 0 Å². The predicted octanol–water partition coefficient (Wildman–Crippen LogP) is 4.17. The van der Waals surface area contributed by atoms with Crippen LogP contribution in [-0.2, 0) is 10.9 Å². The molecule has 1 aromatic carbocycles. The van der Waals surface area contributed by atoms with Crippen LogP contribution in [0.25, 0.3) is 0 Å². The van der Waals surface area contributed by atoms with Gasteiger partial charge in [-0.25, -0.2) is 4.39 Å². The molecule has 6 heteroatoms. The lowest BCUT2D eigenvalue weighted by molar-refractivity contribution is -0.140. The van der Waals surface area contributed by atoms with E-state index in [-0.39, 0.29) is 12.0 Å². The van der Waals surface area contributed by atoms with Crippen molar-refractivity contribution < 1.29 is 22.3 Å². The molecule has 0 saturated carbocycles. The molecule has 0 aromatic heterocycles. The van der Waals surface area contributed by atoms with Gasteiger partial charge >= 0.3 is 6.18 Å². The average molecular weight is 307 g/mol. The summed E-state index contributed by atoms with van der Waals surface area (Å²) >= 11 is 0. The summed E-state index contributed by atoms with van der Waals surface area (Å²) < 4.78 is 57.4. The van der Waals surface area contributed by atoms with Crippen LogP contribution < -0.4 is 5.32 Å². The molecule has 0 radical (unpaired) electrons. The first-order chi connectivity index (χ1) is 9.72. The van der Waals surface area contributed by atoms with Gasteiger partial charge in [-0.2, -0.15) is 13.2 Å². The lowest BCUT2D eigenvalue weighted by atomic mass is 9.92. The summed E-state index contributed by atoms with van der Waals surface area (Å²) in [7, 11) is 1.65. The van der Waals surface area contributed by atoms with Crippen LogP contribution in [0.1, 0.15) is 37.9 Å². The van der Waals surface area contributed by atoms with Gasteiger partial charge in [0.05, 0.1) is 17.7 Å². The fourth-order valence-electron chi connectivity index (χ4n) is 2.34. The largest absolute Gasteiger partial charge is 0.419 e. The second kappa shape index (κ2) is 7.22. The summed E-state index contributed by atoms with van der Waals surface area (Å²) in [6.45, 7) is 6.14. The van der Waals surface area contributed by atoms with E-state index in [4.69, 9.17) is 4.74 Å². The highest BCUT2D eigenvalue weighted by Gasteiger charge is 2.35. The maximum absolute atomic E-state index is 13.4. The Bertz CT molecular complexity index is 459. The lowest BCUT2D eigenvalue weighted by Crippen LogP contribution is -2.35. The van der Waals surface area contributed by atoms with Crippen molar-refractivity contribution in [3.63, 3.8) is 0 Å². The molecule has 0 aliphatic carbocycles. The minimum atomic E-state index is -4.71. The zero-order valence-electron chi connectivity index (χ0n) is 12.6. The quantitative estimate of drug-likeness (QED) is 0.797. The summed E-state index contributed by atoms with van der Waals surface area (Å²) in [5.41, 5.74) is -0.891. The third kappa shape index (κ3) is 4.41. The first-order valence-electron chi connectivity index (χ1n) is 6.87. The van der Waals surface area contributed by atoms with Gasteiger partial charge in [-0.3, -0.25) is 0 Å². The van der Waals surface area contributed by atoms with E-state index in [0.29, 0.717) is 12.2 Å². The smallest absolute Gasteiger partial charge is 0.376 e. The number of benzene rings is 1. The van der Waals surface area contributed by atoms with Crippen molar-refractivity contribution in [3.05, 3.63) is 35.1 Å². The van der Waals surface area contributed by atoms with Crippen molar-refractivity contribution >= 4 is 0 Å². The molecule has 1 aromatic rings. The number of rotatable bonds is 6. The second-order valence-electron chi connectivity index (χ2n) is 5.17. The lowest BCUT2D eigenvalue weighted by Gasteiger charge is -2.30. The molecule has 0 aliphatic rings. The zero-order valence-corrected chi connectivity index (χ0v) is 12.6. The first-order valence-corrected chi connectivity index (χ1v) is 6.87. The Hall–Kier alpha value is -1.14. The van der Waals surface area contributed by atoms with Gasteiger partial charge in [0, 0.05) is 6.61 Å². The van der Waals surface area contributed by atoms with Crippen LogP contribution in [0.3, 0.4) is 0 Å². The van der Waals surface area contributed by atoms with Crippen LogP contribution in [0.2, 0.25) is 0 Å². The van der Waals surface area contributed by atoms with Gasteiger partial charge < -0.3 is 10.1 Å². The van der Waals surface area contributed by atoms with Gasteiger partial charge in [-0.05, 0) is 37.6 Å². The molecule has 0 saturated heterocycles. The molecular formula is C15H21F4NO. The second-order valence-corrected chi connectivity index (χ2v) is 5.17. The molecule has 1 rings (SSSR count). The number of hydrogen-bond donors (Lipinski definition) is 1. The van der Waals surface area contributed by atoms with Crippen LogP contribution in [0.5, 0.6) is 0 Å². The molecule has 0 amide bonds. The fourth-order valence-corrected chi connectivity index (χ4v) is 2.34. The van der Waals surface area contributed by atoms with Crippen molar-refractivity contribution in [3.8, 4) is 0 Å². The van der Waals surface area contributed by atoms with E-state index >= 15 is 0 Å². The van der Waals surface area contributed by atoms with Crippen molar-refractivity contribution in [2.45, 2.75) is 39.1 Å². The third-order valence-corrected chi connectivity index (χ3v) is 3.31. The SMILES string of the molecule is CCOC(C(C)C)C(NC)c1ccc(F)c(C(F)(F)F)c1. The Morgan fingerprint density at radius 3 is 2.29 bits per heavy atom. The molecule has 2 nitrogen and oxygen atoms in total. The van der Waals surface area contributed by atoms with E-state index in [2.05, 4.69) is 5.32 Å². The normalized spacial score (nSPS) is 15.3. The number of halogens is 4. The molecular weight excluding hydrogens is 286 g/mol. The molecule has 120 valence electrons. The van der Waals surface area contributed by atoms with E-state index in [1.165, 1.54) is 6.07 Å². The standard InChI is InChI=1S/C15H21F4NO/c1-5-21-14(9(2)3)13(20-4)10-6-7-12(16)11(8-10)15(17,18)19/h6-9,13-14,20H,5H2,1-4H3. The Labute approximate surface area is 122 Å². The van der Waals surface area contributed by atoms with Crippen LogP contribution in [0, 0.1) is 11.7 Å². The van der Waals surface area contributed by atoms with E-state index in [1.807, 2.05) is 20.8 Å². The Morgan fingerprint density at radius 1 is 1.24 bits per heavy atom. The number of hydrogen-bond acceptors (Lipinski definition) is 2. The van der Waals surface area contributed by atoms with E-state index in [1.54, 1.807) is 7.05 Å².